The van der Waals surface area contributed by atoms with Crippen molar-refractivity contribution in [1.82, 2.24) is 25.1 Å². The lowest BCUT2D eigenvalue weighted by Crippen LogP contribution is -1.95. The fraction of sp³-hybridized carbons (Fsp3) is 0.0769. The van der Waals surface area contributed by atoms with Crippen LogP contribution in [0.15, 0.2) is 35.4 Å². The highest BCUT2D eigenvalue weighted by atomic mass is 32.1. The Hall–Kier alpha value is -2.61. The van der Waals surface area contributed by atoms with Gasteiger partial charge in [-0.2, -0.15) is 20.0 Å². The molecule has 0 unspecified atom stereocenters. The molecule has 0 spiro atoms. The number of rotatable bonds is 3. The third-order valence-electron chi connectivity index (χ3n) is 2.76. The van der Waals surface area contributed by atoms with E-state index in [1.165, 1.54) is 23.0 Å². The van der Waals surface area contributed by atoms with E-state index >= 15 is 0 Å². The van der Waals surface area contributed by atoms with Gasteiger partial charge < -0.3 is 0 Å². The van der Waals surface area contributed by atoms with Crippen LogP contribution in [0.3, 0.4) is 0 Å². The Labute approximate surface area is 124 Å². The van der Waals surface area contributed by atoms with E-state index in [0.29, 0.717) is 21.9 Å². The van der Waals surface area contributed by atoms with Gasteiger partial charge in [0.15, 0.2) is 0 Å². The second-order valence-electron chi connectivity index (χ2n) is 4.40. The Kier molecular flexibility index (Phi) is 3.44. The van der Waals surface area contributed by atoms with Gasteiger partial charge in [0.25, 0.3) is 0 Å². The van der Waals surface area contributed by atoms with Gasteiger partial charge in [0, 0.05) is 5.69 Å². The van der Waals surface area contributed by atoms with Crippen molar-refractivity contribution in [3.63, 3.8) is 0 Å². The molecular weight excluding hydrogens is 291 g/mol. The highest BCUT2D eigenvalue weighted by Crippen LogP contribution is 2.15. The maximum atomic E-state index is 13.1. The van der Waals surface area contributed by atoms with Crippen molar-refractivity contribution < 1.29 is 4.39 Å². The van der Waals surface area contributed by atoms with E-state index in [1.807, 2.05) is 13.0 Å². The van der Waals surface area contributed by atoms with Crippen LogP contribution < -0.4 is 0 Å². The quantitative estimate of drug-likeness (QED) is 0.577. The molecule has 2 heterocycles. The van der Waals surface area contributed by atoms with Gasteiger partial charge in [-0.1, -0.05) is 12.1 Å². The lowest BCUT2D eigenvalue weighted by atomic mass is 10.2. The van der Waals surface area contributed by atoms with E-state index in [0.717, 1.165) is 5.69 Å². The second-order valence-corrected chi connectivity index (χ2v) is 4.79. The molecule has 0 fully saturated rings. The van der Waals surface area contributed by atoms with Crippen LogP contribution in [-0.4, -0.2) is 31.3 Å². The van der Waals surface area contributed by atoms with Crippen molar-refractivity contribution in [2.24, 2.45) is 5.10 Å². The monoisotopic (exact) mass is 302 g/mol. The number of benzene rings is 1. The first-order valence-corrected chi connectivity index (χ1v) is 6.54. The van der Waals surface area contributed by atoms with Crippen LogP contribution in [0.2, 0.25) is 0 Å². The first-order valence-electron chi connectivity index (χ1n) is 6.13. The molecule has 106 valence electrons. The first kappa shape index (κ1) is 13.4. The van der Waals surface area contributed by atoms with Gasteiger partial charge in [-0.15, -0.1) is 0 Å². The molecule has 3 rings (SSSR count). The SMILES string of the molecule is Cc1cc(-c2n[nH]c(=S)n2/N=C\c2cccc(F)c2)n[nH]1. The second kappa shape index (κ2) is 5.41. The third-order valence-corrected chi connectivity index (χ3v) is 3.02. The molecule has 21 heavy (non-hydrogen) atoms. The number of H-pyrrole nitrogens is 2. The summed E-state index contributed by atoms with van der Waals surface area (Å²) >= 11 is 5.14. The summed E-state index contributed by atoms with van der Waals surface area (Å²) in [5, 5.41) is 18.0. The van der Waals surface area contributed by atoms with Crippen molar-refractivity contribution in [2.45, 2.75) is 6.92 Å². The van der Waals surface area contributed by atoms with Crippen molar-refractivity contribution in [2.75, 3.05) is 0 Å². The largest absolute Gasteiger partial charge is 0.282 e. The van der Waals surface area contributed by atoms with Gasteiger partial charge in [-0.05, 0) is 42.9 Å². The third kappa shape index (κ3) is 2.79. The summed E-state index contributed by atoms with van der Waals surface area (Å²) in [5.41, 5.74) is 2.15. The van der Waals surface area contributed by atoms with E-state index in [9.17, 15) is 4.39 Å². The summed E-state index contributed by atoms with van der Waals surface area (Å²) in [5.74, 6) is 0.162. The van der Waals surface area contributed by atoms with Crippen molar-refractivity contribution >= 4 is 18.4 Å². The molecule has 0 amide bonds. The predicted molar refractivity (Wildman–Crippen MR) is 79.1 cm³/mol. The zero-order chi connectivity index (χ0) is 14.8. The highest BCUT2D eigenvalue weighted by molar-refractivity contribution is 7.71. The molecule has 0 saturated carbocycles. The van der Waals surface area contributed by atoms with Crippen LogP contribution in [0.25, 0.3) is 11.5 Å². The molecule has 8 heteroatoms. The molecule has 0 saturated heterocycles. The van der Waals surface area contributed by atoms with E-state index in [-0.39, 0.29) is 5.82 Å². The molecule has 0 aliphatic heterocycles. The Morgan fingerprint density at radius 1 is 1.29 bits per heavy atom. The number of aryl methyl sites for hydroxylation is 1. The van der Waals surface area contributed by atoms with Crippen LogP contribution >= 0.6 is 12.2 Å². The molecule has 0 radical (unpaired) electrons. The van der Waals surface area contributed by atoms with Gasteiger partial charge in [0.1, 0.15) is 11.5 Å². The maximum absolute atomic E-state index is 13.1. The van der Waals surface area contributed by atoms with E-state index in [4.69, 9.17) is 12.2 Å². The molecule has 2 N–H and O–H groups in total. The minimum Gasteiger partial charge on any atom is -0.282 e. The summed E-state index contributed by atoms with van der Waals surface area (Å²) in [6, 6.07) is 7.95. The van der Waals surface area contributed by atoms with Crippen molar-refractivity contribution in [3.8, 4) is 11.5 Å². The van der Waals surface area contributed by atoms with Crippen LogP contribution in [-0.2, 0) is 0 Å². The van der Waals surface area contributed by atoms with Crippen LogP contribution in [0.4, 0.5) is 4.39 Å². The van der Waals surface area contributed by atoms with Crippen molar-refractivity contribution in [3.05, 3.63) is 52.2 Å². The Morgan fingerprint density at radius 2 is 2.14 bits per heavy atom. The normalized spacial score (nSPS) is 11.3. The molecular formula is C13H11FN6S. The average molecular weight is 302 g/mol. The standard InChI is InChI=1S/C13H11FN6S/c1-8-5-11(17-16-8)12-18-19-13(21)20(12)15-7-9-3-2-4-10(14)6-9/h2-7H,1H3,(H,16,17)(H,19,21)/b15-7-. The van der Waals surface area contributed by atoms with Gasteiger partial charge in [-0.3, -0.25) is 5.10 Å². The molecule has 1 aromatic carbocycles. The molecule has 2 aromatic heterocycles. The average Bonchev–Trinajstić information content (AvgIpc) is 3.03. The van der Waals surface area contributed by atoms with E-state index in [2.05, 4.69) is 25.5 Å². The Bertz CT molecular complexity index is 859. The minimum atomic E-state index is -0.321. The lowest BCUT2D eigenvalue weighted by molar-refractivity contribution is 0.627. The van der Waals surface area contributed by atoms with E-state index < -0.39 is 0 Å². The number of nitrogens with zero attached hydrogens (tertiary/aromatic N) is 4. The van der Waals surface area contributed by atoms with Crippen LogP contribution in [0.5, 0.6) is 0 Å². The van der Waals surface area contributed by atoms with Crippen molar-refractivity contribution in [1.29, 1.82) is 0 Å². The summed E-state index contributed by atoms with van der Waals surface area (Å²) in [6.45, 7) is 1.89. The van der Waals surface area contributed by atoms with Gasteiger partial charge >= 0.3 is 0 Å². The zero-order valence-electron chi connectivity index (χ0n) is 11.0. The fourth-order valence-corrected chi connectivity index (χ4v) is 1.99. The fourth-order valence-electron chi connectivity index (χ4n) is 1.81. The summed E-state index contributed by atoms with van der Waals surface area (Å²) in [7, 11) is 0. The Morgan fingerprint density at radius 3 is 2.86 bits per heavy atom. The summed E-state index contributed by atoms with van der Waals surface area (Å²) in [6.07, 6.45) is 1.51. The molecule has 0 aliphatic carbocycles. The topological polar surface area (TPSA) is 74.7 Å². The summed E-state index contributed by atoms with van der Waals surface area (Å²) in [4.78, 5) is 0. The predicted octanol–water partition coefficient (Wildman–Crippen LogP) is 2.66. The number of nitrogens with one attached hydrogen (secondary N) is 2. The Balaban J connectivity index is 1.99. The summed E-state index contributed by atoms with van der Waals surface area (Å²) < 4.78 is 14.9. The smallest absolute Gasteiger partial charge is 0.216 e. The van der Waals surface area contributed by atoms with Crippen LogP contribution in [0.1, 0.15) is 11.3 Å². The molecule has 0 atom stereocenters. The van der Waals surface area contributed by atoms with Gasteiger partial charge in [0.2, 0.25) is 10.6 Å². The van der Waals surface area contributed by atoms with Gasteiger partial charge in [-0.25, -0.2) is 9.49 Å². The lowest BCUT2D eigenvalue weighted by Gasteiger charge is -1.97. The maximum Gasteiger partial charge on any atom is 0.216 e. The number of halogens is 1. The number of hydrogen-bond donors (Lipinski definition) is 2. The van der Waals surface area contributed by atoms with Gasteiger partial charge in [0.05, 0.1) is 6.21 Å². The first-order chi connectivity index (χ1) is 10.1. The molecule has 3 aromatic rings. The number of aromatic amines is 2. The number of hydrogen-bond acceptors (Lipinski definition) is 4. The molecule has 0 aliphatic rings. The minimum absolute atomic E-state index is 0.321. The van der Waals surface area contributed by atoms with Crippen LogP contribution in [0, 0.1) is 17.5 Å². The number of aromatic nitrogens is 5. The highest BCUT2D eigenvalue weighted by Gasteiger charge is 2.10. The van der Waals surface area contributed by atoms with E-state index in [1.54, 1.807) is 12.1 Å². The molecule has 0 bridgehead atoms. The zero-order valence-corrected chi connectivity index (χ0v) is 11.9. The molecule has 6 nitrogen and oxygen atoms in total.